The van der Waals surface area contributed by atoms with E-state index in [9.17, 15) is 4.79 Å². The van der Waals surface area contributed by atoms with Crippen LogP contribution in [0.5, 0.6) is 0 Å². The van der Waals surface area contributed by atoms with Gasteiger partial charge in [-0.05, 0) is 37.5 Å². The van der Waals surface area contributed by atoms with Crippen molar-refractivity contribution in [2.24, 2.45) is 16.6 Å². The van der Waals surface area contributed by atoms with Crippen LogP contribution in [0.15, 0.2) is 29.3 Å². The van der Waals surface area contributed by atoms with E-state index in [1.54, 1.807) is 0 Å². The third-order valence-electron chi connectivity index (χ3n) is 2.93. The summed E-state index contributed by atoms with van der Waals surface area (Å²) in [6.07, 6.45) is 2.04. The number of halogens is 1. The molecule has 6 heteroatoms. The highest BCUT2D eigenvalue weighted by Gasteiger charge is 2.28. The van der Waals surface area contributed by atoms with Crippen molar-refractivity contribution in [3.05, 3.63) is 29.8 Å². The van der Waals surface area contributed by atoms with Gasteiger partial charge in [0.1, 0.15) is 0 Å². The summed E-state index contributed by atoms with van der Waals surface area (Å²) >= 11 is 0. The smallest absolute Gasteiger partial charge is 0.223 e. The highest BCUT2D eigenvalue weighted by Crippen LogP contribution is 2.28. The number of carbonyl (C=O) groups excluding carboxylic acids is 1. The molecule has 110 valence electrons. The average molecular weight is 388 g/mol. The summed E-state index contributed by atoms with van der Waals surface area (Å²) in [5, 5.41) is 5.86. The van der Waals surface area contributed by atoms with Gasteiger partial charge in [-0.25, -0.2) is 0 Å². The van der Waals surface area contributed by atoms with Gasteiger partial charge >= 0.3 is 0 Å². The van der Waals surface area contributed by atoms with Gasteiger partial charge in [-0.1, -0.05) is 12.1 Å². The maximum atomic E-state index is 11.4. The number of nitrogens with two attached hydrogens (primary N) is 1. The van der Waals surface area contributed by atoms with Gasteiger partial charge in [-0.3, -0.25) is 9.79 Å². The molecule has 0 bridgehead atoms. The summed E-state index contributed by atoms with van der Waals surface area (Å²) in [6.45, 7) is 3.04. The standard InChI is InChI=1S/C14H20N4O.HI/c1-10-3-2-4-12(9-10)18-14(15)17-8-7-16-13(19)11-5-6-11;/h2-4,9,11H,5-8H2,1H3,(H,16,19)(H3,15,17,18);1H. The fourth-order valence-corrected chi connectivity index (χ4v) is 1.76. The lowest BCUT2D eigenvalue weighted by Gasteiger charge is -2.06. The van der Waals surface area contributed by atoms with Crippen LogP contribution < -0.4 is 16.4 Å². The molecular weight excluding hydrogens is 367 g/mol. The van der Waals surface area contributed by atoms with Gasteiger partial charge in [0.2, 0.25) is 5.91 Å². The normalized spacial score (nSPS) is 14.3. The molecule has 0 unspecified atom stereocenters. The first kappa shape index (κ1) is 16.7. The molecule has 1 fully saturated rings. The highest BCUT2D eigenvalue weighted by molar-refractivity contribution is 14.0. The molecule has 2 rings (SSSR count). The van der Waals surface area contributed by atoms with Crippen molar-refractivity contribution >= 4 is 41.5 Å². The van der Waals surface area contributed by atoms with E-state index >= 15 is 0 Å². The Morgan fingerprint density at radius 1 is 1.45 bits per heavy atom. The Morgan fingerprint density at radius 3 is 2.85 bits per heavy atom. The molecular formula is C14H21IN4O. The molecule has 1 aromatic carbocycles. The third-order valence-corrected chi connectivity index (χ3v) is 2.93. The number of carbonyl (C=O) groups is 1. The molecule has 1 aliphatic carbocycles. The lowest BCUT2D eigenvalue weighted by atomic mass is 10.2. The van der Waals surface area contributed by atoms with E-state index in [0.29, 0.717) is 19.0 Å². The Morgan fingerprint density at radius 2 is 2.20 bits per heavy atom. The maximum absolute atomic E-state index is 11.4. The van der Waals surface area contributed by atoms with Crippen LogP contribution in [0.1, 0.15) is 18.4 Å². The largest absolute Gasteiger partial charge is 0.370 e. The molecule has 0 radical (unpaired) electrons. The third kappa shape index (κ3) is 5.77. The van der Waals surface area contributed by atoms with Gasteiger partial charge in [0.15, 0.2) is 5.96 Å². The predicted octanol–water partition coefficient (Wildman–Crippen LogP) is 1.87. The van der Waals surface area contributed by atoms with Crippen LogP contribution in [0.3, 0.4) is 0 Å². The Kier molecular flexibility index (Phi) is 6.77. The maximum Gasteiger partial charge on any atom is 0.223 e. The van der Waals surface area contributed by atoms with Gasteiger partial charge < -0.3 is 16.4 Å². The van der Waals surface area contributed by atoms with Crippen LogP contribution in [0.4, 0.5) is 5.69 Å². The van der Waals surface area contributed by atoms with E-state index < -0.39 is 0 Å². The molecule has 1 aliphatic rings. The number of rotatable bonds is 5. The highest BCUT2D eigenvalue weighted by atomic mass is 127. The minimum Gasteiger partial charge on any atom is -0.370 e. The van der Waals surface area contributed by atoms with Crippen molar-refractivity contribution in [2.75, 3.05) is 18.4 Å². The van der Waals surface area contributed by atoms with E-state index in [1.165, 1.54) is 0 Å². The lowest BCUT2D eigenvalue weighted by Crippen LogP contribution is -2.29. The van der Waals surface area contributed by atoms with Crippen molar-refractivity contribution in [2.45, 2.75) is 19.8 Å². The molecule has 0 saturated heterocycles. The summed E-state index contributed by atoms with van der Waals surface area (Å²) in [5.41, 5.74) is 7.85. The first-order chi connectivity index (χ1) is 9.15. The molecule has 0 aromatic heterocycles. The van der Waals surface area contributed by atoms with Crippen LogP contribution in [0, 0.1) is 12.8 Å². The molecule has 1 aromatic rings. The molecule has 4 N–H and O–H groups in total. The van der Waals surface area contributed by atoms with E-state index in [4.69, 9.17) is 5.73 Å². The fourth-order valence-electron chi connectivity index (χ4n) is 1.76. The second-order valence-electron chi connectivity index (χ2n) is 4.83. The first-order valence-electron chi connectivity index (χ1n) is 6.56. The molecule has 20 heavy (non-hydrogen) atoms. The molecule has 1 saturated carbocycles. The number of nitrogens with zero attached hydrogens (tertiary/aromatic N) is 1. The van der Waals surface area contributed by atoms with Crippen molar-refractivity contribution in [1.82, 2.24) is 5.32 Å². The minimum absolute atomic E-state index is 0. The number of benzene rings is 1. The second kappa shape index (κ2) is 8.08. The number of anilines is 1. The second-order valence-corrected chi connectivity index (χ2v) is 4.83. The van der Waals surface area contributed by atoms with Gasteiger partial charge in [0, 0.05) is 18.2 Å². The molecule has 1 amide bonds. The Balaban J connectivity index is 0.00000200. The first-order valence-corrected chi connectivity index (χ1v) is 6.56. The van der Waals surface area contributed by atoms with Crippen molar-refractivity contribution in [3.63, 3.8) is 0 Å². The summed E-state index contributed by atoms with van der Waals surface area (Å²) in [7, 11) is 0. The number of hydrogen-bond acceptors (Lipinski definition) is 2. The van der Waals surface area contributed by atoms with Crippen molar-refractivity contribution in [3.8, 4) is 0 Å². The topological polar surface area (TPSA) is 79.5 Å². The molecule has 0 aliphatic heterocycles. The molecule has 0 spiro atoms. The number of guanidine groups is 1. The summed E-state index contributed by atoms with van der Waals surface area (Å²) in [6, 6.07) is 7.91. The molecule has 0 atom stereocenters. The van der Waals surface area contributed by atoms with E-state index in [2.05, 4.69) is 15.6 Å². The zero-order valence-corrected chi connectivity index (χ0v) is 13.9. The number of aliphatic imine (C=N–C) groups is 1. The number of aryl methyl sites for hydroxylation is 1. The van der Waals surface area contributed by atoms with E-state index in [-0.39, 0.29) is 35.8 Å². The zero-order chi connectivity index (χ0) is 13.7. The summed E-state index contributed by atoms with van der Waals surface area (Å²) in [5.74, 6) is 0.749. The van der Waals surface area contributed by atoms with Crippen LogP contribution in [0.2, 0.25) is 0 Å². The minimum atomic E-state index is 0. The summed E-state index contributed by atoms with van der Waals surface area (Å²) < 4.78 is 0. The number of hydrogen-bond donors (Lipinski definition) is 3. The molecule has 5 nitrogen and oxygen atoms in total. The average Bonchev–Trinajstić information content (AvgIpc) is 3.18. The zero-order valence-electron chi connectivity index (χ0n) is 11.6. The Hall–Kier alpha value is -1.31. The van der Waals surface area contributed by atoms with Crippen LogP contribution in [-0.2, 0) is 4.79 Å². The fraction of sp³-hybridized carbons (Fsp3) is 0.429. The quantitative estimate of drug-likeness (QED) is 0.312. The monoisotopic (exact) mass is 388 g/mol. The summed E-state index contributed by atoms with van der Waals surface area (Å²) in [4.78, 5) is 15.5. The van der Waals surface area contributed by atoms with Gasteiger partial charge in [-0.2, -0.15) is 0 Å². The Bertz CT molecular complexity index is 486. The molecule has 0 heterocycles. The lowest BCUT2D eigenvalue weighted by molar-refractivity contribution is -0.122. The number of amides is 1. The predicted molar refractivity (Wildman–Crippen MR) is 92.4 cm³/mol. The Labute approximate surface area is 136 Å². The van der Waals surface area contributed by atoms with Crippen molar-refractivity contribution < 1.29 is 4.79 Å². The van der Waals surface area contributed by atoms with Gasteiger partial charge in [0.25, 0.3) is 0 Å². The van der Waals surface area contributed by atoms with Gasteiger partial charge in [0.05, 0.1) is 6.54 Å². The number of nitrogens with one attached hydrogen (secondary N) is 2. The van der Waals surface area contributed by atoms with Crippen LogP contribution in [-0.4, -0.2) is 25.0 Å². The van der Waals surface area contributed by atoms with Crippen molar-refractivity contribution in [1.29, 1.82) is 0 Å². The van der Waals surface area contributed by atoms with Gasteiger partial charge in [-0.15, -0.1) is 24.0 Å². The van der Waals surface area contributed by atoms with Crippen LogP contribution >= 0.6 is 24.0 Å². The van der Waals surface area contributed by atoms with E-state index in [1.807, 2.05) is 31.2 Å². The SMILES string of the molecule is Cc1cccc(NC(N)=NCCNC(=O)C2CC2)c1.I. The van der Waals surface area contributed by atoms with Crippen LogP contribution in [0.25, 0.3) is 0 Å². The van der Waals surface area contributed by atoms with E-state index in [0.717, 1.165) is 24.1 Å².